The predicted molar refractivity (Wildman–Crippen MR) is 115 cm³/mol. The molecule has 1 aliphatic heterocycles. The molecule has 0 aliphatic carbocycles. The Balaban J connectivity index is 1.71. The van der Waals surface area contributed by atoms with Crippen LogP contribution in [0.15, 0.2) is 53.4 Å². The van der Waals surface area contributed by atoms with Crippen LogP contribution in [-0.2, 0) is 4.79 Å². The highest BCUT2D eigenvalue weighted by atomic mass is 32.2. The van der Waals surface area contributed by atoms with Crippen LogP contribution in [0.5, 0.6) is 0 Å². The first-order valence-electron chi connectivity index (χ1n) is 8.60. The maximum Gasteiger partial charge on any atom is 0.267 e. The van der Waals surface area contributed by atoms with Gasteiger partial charge in [-0.1, -0.05) is 80.3 Å². The number of hydrogen-bond donors (Lipinski definition) is 1. The Morgan fingerprint density at radius 2 is 1.85 bits per heavy atom. The number of benzene rings is 2. The minimum absolute atomic E-state index is 0.0472. The van der Waals surface area contributed by atoms with Crippen LogP contribution in [0, 0.1) is 6.92 Å². The maximum absolute atomic E-state index is 12.7. The topological polar surface area (TPSA) is 32.3 Å². The second-order valence-electron chi connectivity index (χ2n) is 6.58. The van der Waals surface area contributed by atoms with E-state index in [1.807, 2.05) is 49.4 Å². The van der Waals surface area contributed by atoms with E-state index in [4.69, 9.17) is 12.2 Å². The fourth-order valence-electron chi connectivity index (χ4n) is 2.70. The van der Waals surface area contributed by atoms with Gasteiger partial charge in [-0.3, -0.25) is 9.69 Å². The molecule has 0 atom stereocenters. The van der Waals surface area contributed by atoms with E-state index >= 15 is 0 Å². The van der Waals surface area contributed by atoms with Crippen LogP contribution < -0.4 is 5.32 Å². The van der Waals surface area contributed by atoms with Gasteiger partial charge >= 0.3 is 0 Å². The molecule has 3 nitrogen and oxygen atoms in total. The third kappa shape index (κ3) is 4.17. The van der Waals surface area contributed by atoms with Gasteiger partial charge in [0.05, 0.1) is 11.6 Å². The van der Waals surface area contributed by atoms with Crippen molar-refractivity contribution in [2.45, 2.75) is 26.7 Å². The van der Waals surface area contributed by atoms with E-state index in [1.54, 1.807) is 4.90 Å². The molecule has 1 saturated heterocycles. The summed E-state index contributed by atoms with van der Waals surface area (Å²) in [4.78, 5) is 15.0. The number of amides is 1. The van der Waals surface area contributed by atoms with Gasteiger partial charge in [0, 0.05) is 5.69 Å². The number of nitrogens with one attached hydrogen (secondary N) is 1. The molecule has 2 aromatic carbocycles. The molecule has 1 fully saturated rings. The molecule has 0 radical (unpaired) electrons. The summed E-state index contributed by atoms with van der Waals surface area (Å²) in [6.07, 6.45) is 1.91. The monoisotopic (exact) mass is 382 g/mol. The molecule has 1 amide bonds. The Labute approximate surface area is 164 Å². The molecule has 5 heteroatoms. The Kier molecular flexibility index (Phi) is 5.79. The normalized spacial score (nSPS) is 16.0. The van der Waals surface area contributed by atoms with Crippen molar-refractivity contribution in [2.75, 3.05) is 12.0 Å². The average molecular weight is 383 g/mol. The number of anilines is 1. The van der Waals surface area contributed by atoms with E-state index in [0.717, 1.165) is 16.8 Å². The Bertz CT molecular complexity index is 857. The fourth-order valence-corrected chi connectivity index (χ4v) is 3.96. The lowest BCUT2D eigenvalue weighted by Gasteiger charge is -2.17. The highest BCUT2D eigenvalue weighted by Gasteiger charge is 2.31. The second-order valence-corrected chi connectivity index (χ2v) is 8.26. The molecular weight excluding hydrogens is 360 g/mol. The maximum atomic E-state index is 12.7. The molecule has 26 heavy (non-hydrogen) atoms. The van der Waals surface area contributed by atoms with Crippen LogP contribution in [0.25, 0.3) is 6.08 Å². The van der Waals surface area contributed by atoms with Gasteiger partial charge in [0.1, 0.15) is 4.32 Å². The highest BCUT2D eigenvalue weighted by molar-refractivity contribution is 8.26. The van der Waals surface area contributed by atoms with Crippen molar-refractivity contribution in [3.63, 3.8) is 0 Å². The first-order chi connectivity index (χ1) is 12.5. The van der Waals surface area contributed by atoms with Crippen molar-refractivity contribution in [3.05, 3.63) is 70.1 Å². The van der Waals surface area contributed by atoms with Crippen LogP contribution in [0.3, 0.4) is 0 Å². The molecule has 1 aliphatic rings. The zero-order valence-corrected chi connectivity index (χ0v) is 16.8. The number of aryl methyl sites for hydroxylation is 1. The van der Waals surface area contributed by atoms with E-state index < -0.39 is 0 Å². The number of carbonyl (C=O) groups is 1. The van der Waals surface area contributed by atoms with Gasteiger partial charge in [-0.15, -0.1) is 0 Å². The van der Waals surface area contributed by atoms with E-state index in [1.165, 1.54) is 17.3 Å². The summed E-state index contributed by atoms with van der Waals surface area (Å²) in [5.41, 5.74) is 4.45. The molecule has 0 aromatic heterocycles. The van der Waals surface area contributed by atoms with Crippen LogP contribution in [0.1, 0.15) is 36.5 Å². The molecule has 2 aromatic rings. The van der Waals surface area contributed by atoms with Gasteiger partial charge in [-0.2, -0.15) is 0 Å². The number of para-hydroxylation sites is 1. The second kappa shape index (κ2) is 8.06. The predicted octanol–water partition coefficient (Wildman–Crippen LogP) is 5.39. The lowest BCUT2D eigenvalue weighted by molar-refractivity contribution is -0.121. The van der Waals surface area contributed by atoms with E-state index in [0.29, 0.717) is 21.8 Å². The van der Waals surface area contributed by atoms with Gasteiger partial charge in [-0.05, 0) is 41.7 Å². The summed E-state index contributed by atoms with van der Waals surface area (Å²) in [6, 6.07) is 16.3. The molecule has 0 spiro atoms. The Hall–Kier alpha value is -2.11. The molecule has 1 N–H and O–H groups in total. The number of thiocarbonyl (C=S) groups is 1. The average Bonchev–Trinajstić information content (AvgIpc) is 2.88. The standard InChI is InChI=1S/C21H22N2OS2/c1-14(2)17-10-8-16(9-11-17)12-19-20(24)23(21(25)26-19)13-22-18-7-5-4-6-15(18)3/h4-12,14,22H,13H2,1-3H3. The van der Waals surface area contributed by atoms with Crippen molar-refractivity contribution in [2.24, 2.45) is 0 Å². The van der Waals surface area contributed by atoms with Gasteiger partial charge in [-0.25, -0.2) is 0 Å². The largest absolute Gasteiger partial charge is 0.367 e. The highest BCUT2D eigenvalue weighted by Crippen LogP contribution is 2.32. The van der Waals surface area contributed by atoms with Gasteiger partial charge in [0.25, 0.3) is 5.91 Å². The molecule has 0 saturated carbocycles. The van der Waals surface area contributed by atoms with Crippen LogP contribution >= 0.6 is 24.0 Å². The third-order valence-electron chi connectivity index (χ3n) is 4.35. The summed E-state index contributed by atoms with van der Waals surface area (Å²) in [7, 11) is 0. The fraction of sp³-hybridized carbons (Fsp3) is 0.238. The number of nitrogens with zero attached hydrogens (tertiary/aromatic N) is 1. The molecule has 0 unspecified atom stereocenters. The first kappa shape index (κ1) is 18.7. The van der Waals surface area contributed by atoms with Crippen molar-refractivity contribution in [1.29, 1.82) is 0 Å². The van der Waals surface area contributed by atoms with E-state index in [9.17, 15) is 4.79 Å². The number of carbonyl (C=O) groups excluding carboxylic acids is 1. The number of hydrogen-bond acceptors (Lipinski definition) is 4. The Morgan fingerprint density at radius 1 is 1.15 bits per heavy atom. The summed E-state index contributed by atoms with van der Waals surface area (Å²) >= 11 is 6.76. The molecular formula is C21H22N2OS2. The summed E-state index contributed by atoms with van der Waals surface area (Å²) in [6.45, 7) is 6.75. The van der Waals surface area contributed by atoms with Crippen LogP contribution in [0.4, 0.5) is 5.69 Å². The third-order valence-corrected chi connectivity index (χ3v) is 5.72. The molecule has 3 rings (SSSR count). The summed E-state index contributed by atoms with van der Waals surface area (Å²) in [5.74, 6) is 0.448. The van der Waals surface area contributed by atoms with Crippen LogP contribution in [-0.4, -0.2) is 21.8 Å². The van der Waals surface area contributed by atoms with Crippen molar-refractivity contribution in [3.8, 4) is 0 Å². The van der Waals surface area contributed by atoms with Gasteiger partial charge in [0.2, 0.25) is 0 Å². The van der Waals surface area contributed by atoms with Crippen molar-refractivity contribution < 1.29 is 4.79 Å². The number of rotatable bonds is 5. The quantitative estimate of drug-likeness (QED) is 0.555. The van der Waals surface area contributed by atoms with Crippen molar-refractivity contribution in [1.82, 2.24) is 4.90 Å². The Morgan fingerprint density at radius 3 is 2.50 bits per heavy atom. The SMILES string of the molecule is Cc1ccccc1NCN1C(=O)C(=Cc2ccc(C(C)C)cc2)SC1=S. The van der Waals surface area contributed by atoms with E-state index in [2.05, 4.69) is 31.3 Å². The zero-order chi connectivity index (χ0) is 18.7. The van der Waals surface area contributed by atoms with Crippen LogP contribution in [0.2, 0.25) is 0 Å². The van der Waals surface area contributed by atoms with Crippen molar-refractivity contribution >= 4 is 46.0 Å². The lowest BCUT2D eigenvalue weighted by atomic mass is 10.0. The first-order valence-corrected chi connectivity index (χ1v) is 9.83. The molecule has 134 valence electrons. The smallest absolute Gasteiger partial charge is 0.267 e. The summed E-state index contributed by atoms with van der Waals surface area (Å²) < 4.78 is 0.584. The minimum Gasteiger partial charge on any atom is -0.367 e. The minimum atomic E-state index is -0.0472. The lowest BCUT2D eigenvalue weighted by Crippen LogP contribution is -2.33. The van der Waals surface area contributed by atoms with E-state index in [-0.39, 0.29) is 5.91 Å². The molecule has 1 heterocycles. The number of thioether (sulfide) groups is 1. The molecule has 0 bridgehead atoms. The van der Waals surface area contributed by atoms with Gasteiger partial charge in [0.15, 0.2) is 0 Å². The van der Waals surface area contributed by atoms with Gasteiger partial charge < -0.3 is 5.32 Å². The summed E-state index contributed by atoms with van der Waals surface area (Å²) in [5, 5.41) is 3.30. The zero-order valence-electron chi connectivity index (χ0n) is 15.2.